The average Bonchev–Trinajstić information content (AvgIpc) is 2.48. The SMILES string of the molecule is CC(C)c1ccccc1CNCC1(C(=O)O)CCOCC1. The number of ether oxygens (including phenoxy) is 1. The molecule has 4 nitrogen and oxygen atoms in total. The number of nitrogens with one attached hydrogen (secondary N) is 1. The molecule has 1 aliphatic heterocycles. The normalized spacial score (nSPS) is 17.9. The summed E-state index contributed by atoms with van der Waals surface area (Å²) in [5.41, 5.74) is 1.90. The standard InChI is InChI=1S/C17H25NO3/c1-13(2)15-6-4-3-5-14(15)11-18-12-17(16(19)20)7-9-21-10-8-17/h3-6,13,18H,7-12H2,1-2H3,(H,19,20). The molecule has 0 unspecified atom stereocenters. The summed E-state index contributed by atoms with van der Waals surface area (Å²) >= 11 is 0. The van der Waals surface area contributed by atoms with Crippen LogP contribution in [0.5, 0.6) is 0 Å². The zero-order valence-electron chi connectivity index (χ0n) is 12.9. The van der Waals surface area contributed by atoms with Gasteiger partial charge in [0, 0.05) is 26.3 Å². The summed E-state index contributed by atoms with van der Waals surface area (Å²) in [5, 5.41) is 12.9. The van der Waals surface area contributed by atoms with Gasteiger partial charge in [0.1, 0.15) is 0 Å². The van der Waals surface area contributed by atoms with Crippen LogP contribution in [0.15, 0.2) is 24.3 Å². The Morgan fingerprint density at radius 3 is 2.62 bits per heavy atom. The molecule has 0 amide bonds. The third kappa shape index (κ3) is 3.83. The summed E-state index contributed by atoms with van der Waals surface area (Å²) in [6, 6.07) is 8.34. The van der Waals surface area contributed by atoms with Crippen molar-refractivity contribution in [3.63, 3.8) is 0 Å². The molecule has 0 bridgehead atoms. The number of carbonyl (C=O) groups is 1. The van der Waals surface area contributed by atoms with Crippen molar-refractivity contribution >= 4 is 5.97 Å². The van der Waals surface area contributed by atoms with E-state index in [0.29, 0.717) is 45.1 Å². The fourth-order valence-corrected chi connectivity index (χ4v) is 2.92. The Kier molecular flexibility index (Phi) is 5.37. The summed E-state index contributed by atoms with van der Waals surface area (Å²) < 4.78 is 5.30. The van der Waals surface area contributed by atoms with Gasteiger partial charge in [-0.1, -0.05) is 38.1 Å². The Balaban J connectivity index is 1.98. The number of hydrogen-bond acceptors (Lipinski definition) is 3. The molecule has 1 saturated heterocycles. The monoisotopic (exact) mass is 291 g/mol. The second-order valence-electron chi connectivity index (χ2n) is 6.15. The van der Waals surface area contributed by atoms with Gasteiger partial charge in [-0.3, -0.25) is 4.79 Å². The smallest absolute Gasteiger partial charge is 0.311 e. The van der Waals surface area contributed by atoms with E-state index < -0.39 is 11.4 Å². The molecule has 1 fully saturated rings. The molecule has 21 heavy (non-hydrogen) atoms. The molecule has 0 aliphatic carbocycles. The molecule has 4 heteroatoms. The topological polar surface area (TPSA) is 58.6 Å². The van der Waals surface area contributed by atoms with E-state index in [-0.39, 0.29) is 0 Å². The van der Waals surface area contributed by atoms with Crippen molar-refractivity contribution in [3.05, 3.63) is 35.4 Å². The minimum atomic E-state index is -0.713. The summed E-state index contributed by atoms with van der Waals surface area (Å²) in [7, 11) is 0. The van der Waals surface area contributed by atoms with Crippen LogP contribution in [0.2, 0.25) is 0 Å². The van der Waals surface area contributed by atoms with Crippen LogP contribution >= 0.6 is 0 Å². The third-order valence-electron chi connectivity index (χ3n) is 4.36. The predicted octanol–water partition coefficient (Wildman–Crippen LogP) is 2.78. The van der Waals surface area contributed by atoms with Crippen LogP contribution in [0.3, 0.4) is 0 Å². The van der Waals surface area contributed by atoms with Gasteiger partial charge in [-0.15, -0.1) is 0 Å². The molecule has 1 aliphatic rings. The third-order valence-corrected chi connectivity index (χ3v) is 4.36. The Labute approximate surface area is 126 Å². The minimum Gasteiger partial charge on any atom is -0.481 e. The number of carboxylic acid groups (broad SMARTS) is 1. The van der Waals surface area contributed by atoms with Crippen LogP contribution in [0.1, 0.15) is 43.7 Å². The lowest BCUT2D eigenvalue weighted by Crippen LogP contribution is -2.45. The van der Waals surface area contributed by atoms with Crippen molar-refractivity contribution in [2.45, 2.75) is 39.2 Å². The molecule has 0 radical (unpaired) electrons. The molecule has 1 aromatic rings. The van der Waals surface area contributed by atoms with Crippen LogP contribution in [0.4, 0.5) is 0 Å². The summed E-state index contributed by atoms with van der Waals surface area (Å²) in [5.74, 6) is -0.241. The van der Waals surface area contributed by atoms with Gasteiger partial charge in [0.25, 0.3) is 0 Å². The number of aliphatic carboxylic acids is 1. The van der Waals surface area contributed by atoms with E-state index in [4.69, 9.17) is 4.74 Å². The highest BCUT2D eigenvalue weighted by Gasteiger charge is 2.39. The van der Waals surface area contributed by atoms with Crippen LogP contribution in [-0.4, -0.2) is 30.8 Å². The Morgan fingerprint density at radius 2 is 2.00 bits per heavy atom. The van der Waals surface area contributed by atoms with Crippen molar-refractivity contribution in [2.24, 2.45) is 5.41 Å². The Morgan fingerprint density at radius 1 is 1.33 bits per heavy atom. The van der Waals surface area contributed by atoms with Gasteiger partial charge in [-0.05, 0) is 29.9 Å². The van der Waals surface area contributed by atoms with E-state index in [2.05, 4.69) is 37.4 Å². The quantitative estimate of drug-likeness (QED) is 0.846. The van der Waals surface area contributed by atoms with Crippen molar-refractivity contribution in [3.8, 4) is 0 Å². The first kappa shape index (κ1) is 16.0. The first-order valence-electron chi connectivity index (χ1n) is 7.65. The van der Waals surface area contributed by atoms with E-state index >= 15 is 0 Å². The first-order valence-corrected chi connectivity index (χ1v) is 7.65. The number of carboxylic acids is 1. The number of hydrogen-bond donors (Lipinski definition) is 2. The van der Waals surface area contributed by atoms with Crippen LogP contribution in [0.25, 0.3) is 0 Å². The fourth-order valence-electron chi connectivity index (χ4n) is 2.92. The molecule has 0 atom stereocenters. The van der Waals surface area contributed by atoms with Gasteiger partial charge in [0.15, 0.2) is 0 Å². The minimum absolute atomic E-state index is 0.472. The highest BCUT2D eigenvalue weighted by atomic mass is 16.5. The van der Waals surface area contributed by atoms with Gasteiger partial charge in [0.05, 0.1) is 5.41 Å². The van der Waals surface area contributed by atoms with Gasteiger partial charge in [-0.2, -0.15) is 0 Å². The lowest BCUT2D eigenvalue weighted by molar-refractivity contribution is -0.154. The summed E-state index contributed by atoms with van der Waals surface area (Å²) in [6.45, 7) is 6.64. The van der Waals surface area contributed by atoms with E-state index in [0.717, 1.165) is 0 Å². The summed E-state index contributed by atoms with van der Waals surface area (Å²) in [6.07, 6.45) is 1.17. The van der Waals surface area contributed by atoms with Crippen LogP contribution < -0.4 is 5.32 Å². The zero-order chi connectivity index (χ0) is 15.3. The van der Waals surface area contributed by atoms with Gasteiger partial charge >= 0.3 is 5.97 Å². The summed E-state index contributed by atoms with van der Waals surface area (Å²) in [4.78, 5) is 11.6. The molecule has 1 aromatic carbocycles. The lowest BCUT2D eigenvalue weighted by Gasteiger charge is -2.33. The molecule has 1 heterocycles. The largest absolute Gasteiger partial charge is 0.481 e. The maximum Gasteiger partial charge on any atom is 0.311 e. The van der Waals surface area contributed by atoms with Crippen molar-refractivity contribution < 1.29 is 14.6 Å². The number of benzene rings is 1. The maximum atomic E-state index is 11.6. The maximum absolute atomic E-state index is 11.6. The van der Waals surface area contributed by atoms with Crippen LogP contribution in [0, 0.1) is 5.41 Å². The molecule has 0 spiro atoms. The van der Waals surface area contributed by atoms with E-state index in [1.807, 2.05) is 6.07 Å². The number of rotatable bonds is 6. The highest BCUT2D eigenvalue weighted by Crippen LogP contribution is 2.30. The molecule has 0 saturated carbocycles. The predicted molar refractivity (Wildman–Crippen MR) is 82.4 cm³/mol. The lowest BCUT2D eigenvalue weighted by atomic mass is 9.80. The van der Waals surface area contributed by atoms with Crippen molar-refractivity contribution in [2.75, 3.05) is 19.8 Å². The molecule has 2 N–H and O–H groups in total. The van der Waals surface area contributed by atoms with E-state index in [1.165, 1.54) is 11.1 Å². The zero-order valence-corrected chi connectivity index (χ0v) is 12.9. The van der Waals surface area contributed by atoms with Crippen molar-refractivity contribution in [1.29, 1.82) is 0 Å². The highest BCUT2D eigenvalue weighted by molar-refractivity contribution is 5.75. The van der Waals surface area contributed by atoms with Gasteiger partial charge < -0.3 is 15.2 Å². The average molecular weight is 291 g/mol. The van der Waals surface area contributed by atoms with Crippen molar-refractivity contribution in [1.82, 2.24) is 5.32 Å². The van der Waals surface area contributed by atoms with Gasteiger partial charge in [0.2, 0.25) is 0 Å². The van der Waals surface area contributed by atoms with Gasteiger partial charge in [-0.25, -0.2) is 0 Å². The molecular formula is C17H25NO3. The second-order valence-corrected chi connectivity index (χ2v) is 6.15. The molecule has 2 rings (SSSR count). The fraction of sp³-hybridized carbons (Fsp3) is 0.588. The van der Waals surface area contributed by atoms with Crippen LogP contribution in [-0.2, 0) is 16.1 Å². The Bertz CT molecular complexity index is 479. The molecular weight excluding hydrogens is 266 g/mol. The van der Waals surface area contributed by atoms with E-state index in [9.17, 15) is 9.90 Å². The van der Waals surface area contributed by atoms with E-state index in [1.54, 1.807) is 0 Å². The first-order chi connectivity index (χ1) is 10.1. The molecule has 0 aromatic heterocycles. The molecule has 116 valence electrons. The Hall–Kier alpha value is -1.39. The second kappa shape index (κ2) is 7.05.